The molecule has 1 atom stereocenters. The average molecular weight is 262 g/mol. The van der Waals surface area contributed by atoms with E-state index in [0.717, 1.165) is 18.5 Å². The van der Waals surface area contributed by atoms with Gasteiger partial charge < -0.3 is 11.1 Å². The molecule has 106 valence electrons. The summed E-state index contributed by atoms with van der Waals surface area (Å²) in [4.78, 5) is 12.0. The van der Waals surface area contributed by atoms with Crippen LogP contribution in [0.25, 0.3) is 0 Å². The van der Waals surface area contributed by atoms with Crippen molar-refractivity contribution < 1.29 is 4.79 Å². The zero-order valence-electron chi connectivity index (χ0n) is 12.3. The van der Waals surface area contributed by atoms with Crippen molar-refractivity contribution in [1.29, 1.82) is 0 Å². The number of amides is 1. The van der Waals surface area contributed by atoms with E-state index in [1.807, 2.05) is 19.1 Å². The van der Waals surface area contributed by atoms with Gasteiger partial charge in [-0.2, -0.15) is 0 Å². The van der Waals surface area contributed by atoms with Crippen LogP contribution in [0.15, 0.2) is 24.3 Å². The lowest BCUT2D eigenvalue weighted by Crippen LogP contribution is -2.48. The number of carbonyl (C=O) groups excluding carboxylic acids is 1. The minimum Gasteiger partial charge on any atom is -0.325 e. The van der Waals surface area contributed by atoms with Gasteiger partial charge in [-0.15, -0.1) is 0 Å². The van der Waals surface area contributed by atoms with Crippen LogP contribution in [0, 0.1) is 0 Å². The van der Waals surface area contributed by atoms with Gasteiger partial charge in [-0.1, -0.05) is 38.8 Å². The van der Waals surface area contributed by atoms with Crippen molar-refractivity contribution in [3.63, 3.8) is 0 Å². The highest BCUT2D eigenvalue weighted by atomic mass is 16.2. The van der Waals surface area contributed by atoms with Crippen LogP contribution in [0.3, 0.4) is 0 Å². The van der Waals surface area contributed by atoms with Gasteiger partial charge in [0.25, 0.3) is 0 Å². The van der Waals surface area contributed by atoms with Gasteiger partial charge >= 0.3 is 0 Å². The highest BCUT2D eigenvalue weighted by molar-refractivity contribution is 5.97. The van der Waals surface area contributed by atoms with Crippen LogP contribution in [0.5, 0.6) is 0 Å². The molecule has 1 rings (SSSR count). The number of benzene rings is 1. The van der Waals surface area contributed by atoms with E-state index in [9.17, 15) is 4.79 Å². The summed E-state index contributed by atoms with van der Waals surface area (Å²) in [6, 6.07) is 8.04. The van der Waals surface area contributed by atoms with Crippen LogP contribution in [0.2, 0.25) is 0 Å². The van der Waals surface area contributed by atoms with Crippen LogP contribution in [-0.4, -0.2) is 11.4 Å². The van der Waals surface area contributed by atoms with Crippen molar-refractivity contribution in [2.24, 2.45) is 5.73 Å². The molecular formula is C16H26N2O. The zero-order valence-corrected chi connectivity index (χ0v) is 12.3. The van der Waals surface area contributed by atoms with E-state index in [0.29, 0.717) is 6.42 Å². The Morgan fingerprint density at radius 2 is 1.84 bits per heavy atom. The fourth-order valence-corrected chi connectivity index (χ4v) is 2.04. The fourth-order valence-electron chi connectivity index (χ4n) is 2.04. The van der Waals surface area contributed by atoms with Gasteiger partial charge in [0.2, 0.25) is 5.91 Å². The third-order valence-electron chi connectivity index (χ3n) is 3.32. The molecule has 0 radical (unpaired) electrons. The maximum atomic E-state index is 12.0. The van der Waals surface area contributed by atoms with Crippen molar-refractivity contribution in [1.82, 2.24) is 0 Å². The minimum absolute atomic E-state index is 0.115. The largest absolute Gasteiger partial charge is 0.325 e. The highest BCUT2D eigenvalue weighted by Crippen LogP contribution is 2.15. The summed E-state index contributed by atoms with van der Waals surface area (Å²) >= 11 is 0. The summed E-state index contributed by atoms with van der Waals surface area (Å²) in [5, 5.41) is 2.89. The summed E-state index contributed by atoms with van der Waals surface area (Å²) in [5.74, 6) is -0.115. The molecule has 0 spiro atoms. The summed E-state index contributed by atoms with van der Waals surface area (Å²) in [5.41, 5.74) is 7.33. The van der Waals surface area contributed by atoms with Gasteiger partial charge in [-0.3, -0.25) is 4.79 Å². The summed E-state index contributed by atoms with van der Waals surface area (Å²) in [6.45, 7) is 5.99. The highest BCUT2D eigenvalue weighted by Gasteiger charge is 2.26. The molecule has 1 aromatic carbocycles. The Labute approximate surface area is 116 Å². The molecule has 0 bridgehead atoms. The molecule has 3 heteroatoms. The van der Waals surface area contributed by atoms with E-state index >= 15 is 0 Å². The number of hydrogen-bond donors (Lipinski definition) is 2. The maximum absolute atomic E-state index is 12.0. The maximum Gasteiger partial charge on any atom is 0.244 e. The molecule has 1 unspecified atom stereocenters. The SMILES string of the molecule is CCCCc1ccc(NC(=O)C(C)(N)CCC)cc1. The van der Waals surface area contributed by atoms with E-state index < -0.39 is 5.54 Å². The molecule has 1 aromatic rings. The number of hydrogen-bond acceptors (Lipinski definition) is 2. The van der Waals surface area contributed by atoms with E-state index in [1.165, 1.54) is 18.4 Å². The van der Waals surface area contributed by atoms with Crippen LogP contribution in [0.1, 0.15) is 52.0 Å². The van der Waals surface area contributed by atoms with Crippen molar-refractivity contribution in [2.75, 3.05) is 5.32 Å². The lowest BCUT2D eigenvalue weighted by atomic mass is 9.96. The Morgan fingerprint density at radius 3 is 2.37 bits per heavy atom. The van der Waals surface area contributed by atoms with Gasteiger partial charge in [0.1, 0.15) is 0 Å². The number of rotatable bonds is 7. The topological polar surface area (TPSA) is 55.1 Å². The van der Waals surface area contributed by atoms with Gasteiger partial charge in [-0.25, -0.2) is 0 Å². The molecule has 0 aliphatic carbocycles. The number of nitrogens with one attached hydrogen (secondary N) is 1. The molecule has 3 N–H and O–H groups in total. The van der Waals surface area contributed by atoms with Crippen molar-refractivity contribution in [3.05, 3.63) is 29.8 Å². The Kier molecular flexibility index (Phi) is 6.03. The van der Waals surface area contributed by atoms with Crippen molar-refractivity contribution in [3.8, 4) is 0 Å². The first-order chi connectivity index (χ1) is 8.99. The molecule has 0 aliphatic heterocycles. The van der Waals surface area contributed by atoms with Crippen LogP contribution in [-0.2, 0) is 11.2 Å². The van der Waals surface area contributed by atoms with E-state index in [-0.39, 0.29) is 5.91 Å². The first kappa shape index (κ1) is 15.7. The fraction of sp³-hybridized carbons (Fsp3) is 0.562. The molecule has 3 nitrogen and oxygen atoms in total. The number of unbranched alkanes of at least 4 members (excludes halogenated alkanes) is 1. The van der Waals surface area contributed by atoms with Gasteiger partial charge in [0.15, 0.2) is 0 Å². The van der Waals surface area contributed by atoms with Crippen molar-refractivity contribution in [2.45, 2.75) is 58.4 Å². The monoisotopic (exact) mass is 262 g/mol. The molecule has 0 fully saturated rings. The Hall–Kier alpha value is -1.35. The van der Waals surface area contributed by atoms with Crippen LogP contribution >= 0.6 is 0 Å². The second kappa shape index (κ2) is 7.29. The van der Waals surface area contributed by atoms with Gasteiger partial charge in [0, 0.05) is 5.69 Å². The molecule has 1 amide bonds. The number of carbonyl (C=O) groups is 1. The molecule has 0 aromatic heterocycles. The average Bonchev–Trinajstić information content (AvgIpc) is 2.38. The predicted molar refractivity (Wildman–Crippen MR) is 81.2 cm³/mol. The lowest BCUT2D eigenvalue weighted by Gasteiger charge is -2.22. The molecule has 0 saturated carbocycles. The van der Waals surface area contributed by atoms with Crippen LogP contribution in [0.4, 0.5) is 5.69 Å². The van der Waals surface area contributed by atoms with E-state index in [2.05, 4.69) is 24.4 Å². The first-order valence-corrected chi connectivity index (χ1v) is 7.19. The third kappa shape index (κ3) is 5.03. The molecule has 0 aliphatic rings. The Bertz CT molecular complexity index is 396. The van der Waals surface area contributed by atoms with Crippen molar-refractivity contribution >= 4 is 11.6 Å². The third-order valence-corrected chi connectivity index (χ3v) is 3.32. The second-order valence-electron chi connectivity index (χ2n) is 5.42. The molecular weight excluding hydrogens is 236 g/mol. The van der Waals surface area contributed by atoms with Gasteiger partial charge in [0.05, 0.1) is 5.54 Å². The first-order valence-electron chi connectivity index (χ1n) is 7.19. The minimum atomic E-state index is -0.796. The zero-order chi connectivity index (χ0) is 14.3. The molecule has 19 heavy (non-hydrogen) atoms. The second-order valence-corrected chi connectivity index (χ2v) is 5.42. The Morgan fingerprint density at radius 1 is 1.21 bits per heavy atom. The molecule has 0 saturated heterocycles. The quantitative estimate of drug-likeness (QED) is 0.790. The van der Waals surface area contributed by atoms with E-state index in [4.69, 9.17) is 5.73 Å². The van der Waals surface area contributed by atoms with Gasteiger partial charge in [-0.05, 0) is 43.9 Å². The number of anilines is 1. The number of nitrogens with two attached hydrogens (primary N) is 1. The van der Waals surface area contributed by atoms with E-state index in [1.54, 1.807) is 6.92 Å². The summed E-state index contributed by atoms with van der Waals surface area (Å²) < 4.78 is 0. The Balaban J connectivity index is 2.60. The summed E-state index contributed by atoms with van der Waals surface area (Å²) in [6.07, 6.45) is 5.07. The lowest BCUT2D eigenvalue weighted by molar-refractivity contribution is -0.120. The standard InChI is InChI=1S/C16H26N2O/c1-4-6-7-13-8-10-14(11-9-13)18-15(19)16(3,17)12-5-2/h8-11H,4-7,12,17H2,1-3H3,(H,18,19). The molecule has 0 heterocycles. The number of aryl methyl sites for hydroxylation is 1. The smallest absolute Gasteiger partial charge is 0.244 e. The predicted octanol–water partition coefficient (Wildman–Crippen LogP) is 3.49. The normalized spacial score (nSPS) is 13.9. The van der Waals surface area contributed by atoms with Crippen LogP contribution < -0.4 is 11.1 Å². The summed E-state index contributed by atoms with van der Waals surface area (Å²) in [7, 11) is 0.